The van der Waals surface area contributed by atoms with Crippen molar-refractivity contribution in [2.75, 3.05) is 25.1 Å². The van der Waals surface area contributed by atoms with E-state index in [0.29, 0.717) is 31.3 Å². The zero-order chi connectivity index (χ0) is 21.3. The number of sulfone groups is 1. The fourth-order valence-electron chi connectivity index (χ4n) is 4.86. The summed E-state index contributed by atoms with van der Waals surface area (Å²) in [6.45, 7) is 9.44. The summed E-state index contributed by atoms with van der Waals surface area (Å²) in [6, 6.07) is 0.200. The Morgan fingerprint density at radius 2 is 1.97 bits per heavy atom. The zero-order valence-corrected chi connectivity index (χ0v) is 19.3. The van der Waals surface area contributed by atoms with Gasteiger partial charge in [0.2, 0.25) is 5.91 Å². The molecule has 2 fully saturated rings. The van der Waals surface area contributed by atoms with E-state index in [-0.39, 0.29) is 29.5 Å². The number of aryl methyl sites for hydroxylation is 1. The van der Waals surface area contributed by atoms with E-state index < -0.39 is 9.84 Å². The number of hydrogen-bond acceptors (Lipinski definition) is 5. The fraction of sp³-hybridized carbons (Fsp3) is 0.810. The highest BCUT2D eigenvalue weighted by Crippen LogP contribution is 2.30. The summed E-state index contributed by atoms with van der Waals surface area (Å²) in [5.74, 6) is 1.66. The number of carbonyl (C=O) groups excluding carboxylic acids is 1. The Morgan fingerprint density at radius 3 is 2.62 bits per heavy atom. The number of rotatable bonds is 6. The molecule has 29 heavy (non-hydrogen) atoms. The maximum atomic E-state index is 12.6. The fourth-order valence-corrected chi connectivity index (χ4v) is 6.55. The summed E-state index contributed by atoms with van der Waals surface area (Å²) in [4.78, 5) is 14.6. The van der Waals surface area contributed by atoms with Crippen molar-refractivity contribution < 1.29 is 13.2 Å². The van der Waals surface area contributed by atoms with Gasteiger partial charge in [-0.1, -0.05) is 26.7 Å². The Kier molecular flexibility index (Phi) is 6.73. The first-order valence-corrected chi connectivity index (χ1v) is 12.6. The second kappa shape index (κ2) is 8.76. The van der Waals surface area contributed by atoms with Crippen LogP contribution in [0.5, 0.6) is 0 Å². The van der Waals surface area contributed by atoms with E-state index in [9.17, 15) is 13.2 Å². The van der Waals surface area contributed by atoms with Crippen molar-refractivity contribution in [2.45, 2.75) is 72.0 Å². The van der Waals surface area contributed by atoms with Gasteiger partial charge in [-0.15, -0.1) is 0 Å². The predicted octanol–water partition coefficient (Wildman–Crippen LogP) is 2.23. The molecule has 1 aromatic rings. The van der Waals surface area contributed by atoms with Crippen LogP contribution in [0.2, 0.25) is 0 Å². The summed E-state index contributed by atoms with van der Waals surface area (Å²) in [5.41, 5.74) is 3.00. The van der Waals surface area contributed by atoms with Gasteiger partial charge in [0.25, 0.3) is 0 Å². The van der Waals surface area contributed by atoms with Gasteiger partial charge in [0.15, 0.2) is 9.84 Å². The first-order chi connectivity index (χ1) is 13.6. The molecule has 0 unspecified atom stereocenters. The maximum Gasteiger partial charge on any atom is 0.234 e. The van der Waals surface area contributed by atoms with Gasteiger partial charge in [0.1, 0.15) is 0 Å². The molecule has 2 aliphatic rings. The molecule has 4 atom stereocenters. The number of nitrogens with one attached hydrogen (secondary N) is 1. The molecule has 1 amide bonds. The third-order valence-corrected chi connectivity index (χ3v) is 8.67. The van der Waals surface area contributed by atoms with Crippen LogP contribution in [0.1, 0.15) is 62.5 Å². The lowest BCUT2D eigenvalue weighted by molar-refractivity contribution is -0.123. The van der Waals surface area contributed by atoms with Crippen molar-refractivity contribution in [1.82, 2.24) is 20.0 Å². The standard InChI is InChI=1S/C21H36N4O3S/c1-14-7-6-8-20(15(14)2)22-21(26)12-24(5)11-19-16(3)23-25(17(19)4)18-9-10-29(27,28)13-18/h14-15,18,20H,6-13H2,1-5H3,(H,22,26)/t14-,15-,18-,20+/m0/s1. The monoisotopic (exact) mass is 424 g/mol. The largest absolute Gasteiger partial charge is 0.352 e. The van der Waals surface area contributed by atoms with Crippen LogP contribution in [0.15, 0.2) is 0 Å². The number of aromatic nitrogens is 2. The molecule has 3 rings (SSSR count). The lowest BCUT2D eigenvalue weighted by atomic mass is 9.78. The van der Waals surface area contributed by atoms with Gasteiger partial charge in [-0.25, -0.2) is 8.42 Å². The molecular formula is C21H36N4O3S. The van der Waals surface area contributed by atoms with E-state index in [1.165, 1.54) is 12.8 Å². The van der Waals surface area contributed by atoms with E-state index >= 15 is 0 Å². The average molecular weight is 425 g/mol. The van der Waals surface area contributed by atoms with Gasteiger partial charge in [-0.3, -0.25) is 14.4 Å². The summed E-state index contributed by atoms with van der Waals surface area (Å²) in [6.07, 6.45) is 4.12. The average Bonchev–Trinajstić information content (AvgIpc) is 3.12. The van der Waals surface area contributed by atoms with Gasteiger partial charge < -0.3 is 5.32 Å². The summed E-state index contributed by atoms with van der Waals surface area (Å²) >= 11 is 0. The molecule has 0 spiro atoms. The molecule has 1 aliphatic heterocycles. The molecule has 0 radical (unpaired) electrons. The zero-order valence-electron chi connectivity index (χ0n) is 18.4. The van der Waals surface area contributed by atoms with Crippen molar-refractivity contribution in [3.63, 3.8) is 0 Å². The van der Waals surface area contributed by atoms with Crippen LogP contribution in [0.3, 0.4) is 0 Å². The molecule has 7 nitrogen and oxygen atoms in total. The number of likely N-dealkylation sites (N-methyl/N-ethyl adjacent to an activating group) is 1. The van der Waals surface area contributed by atoms with E-state index in [2.05, 4.69) is 24.3 Å². The minimum atomic E-state index is -2.95. The molecule has 1 saturated heterocycles. The van der Waals surface area contributed by atoms with Crippen molar-refractivity contribution in [3.8, 4) is 0 Å². The summed E-state index contributed by atoms with van der Waals surface area (Å²) in [7, 11) is -1.00. The predicted molar refractivity (Wildman–Crippen MR) is 114 cm³/mol. The topological polar surface area (TPSA) is 84.3 Å². The molecular weight excluding hydrogens is 388 g/mol. The molecule has 8 heteroatoms. The van der Waals surface area contributed by atoms with Crippen LogP contribution in [0.25, 0.3) is 0 Å². The highest BCUT2D eigenvalue weighted by Gasteiger charge is 2.32. The molecule has 1 saturated carbocycles. The number of nitrogens with zero attached hydrogens (tertiary/aromatic N) is 3. The molecule has 2 heterocycles. The smallest absolute Gasteiger partial charge is 0.234 e. The summed E-state index contributed by atoms with van der Waals surface area (Å²) in [5, 5.41) is 7.86. The molecule has 164 valence electrons. The van der Waals surface area contributed by atoms with Crippen molar-refractivity contribution in [1.29, 1.82) is 0 Å². The van der Waals surface area contributed by atoms with Crippen molar-refractivity contribution in [2.24, 2.45) is 11.8 Å². The van der Waals surface area contributed by atoms with Gasteiger partial charge in [-0.05, 0) is 45.6 Å². The SMILES string of the molecule is Cc1nn([C@H]2CCS(=O)(=O)C2)c(C)c1CN(C)CC(=O)N[C@@H]1CCC[C@H](C)[C@@H]1C. The first-order valence-electron chi connectivity index (χ1n) is 10.8. The Bertz CT molecular complexity index is 848. The Labute approximate surface area is 175 Å². The van der Waals surface area contributed by atoms with E-state index in [1.807, 2.05) is 30.5 Å². The Balaban J connectivity index is 1.59. The van der Waals surface area contributed by atoms with E-state index in [1.54, 1.807) is 0 Å². The van der Waals surface area contributed by atoms with Gasteiger partial charge in [0, 0.05) is 23.8 Å². The van der Waals surface area contributed by atoms with Crippen LogP contribution >= 0.6 is 0 Å². The second-order valence-electron chi connectivity index (χ2n) is 9.26. The minimum Gasteiger partial charge on any atom is -0.352 e. The Hall–Kier alpha value is -1.41. The van der Waals surface area contributed by atoms with Crippen LogP contribution in [-0.4, -0.2) is 60.1 Å². The molecule has 1 N–H and O–H groups in total. The minimum absolute atomic E-state index is 0.0723. The molecule has 1 aliphatic carbocycles. The highest BCUT2D eigenvalue weighted by atomic mass is 32.2. The Morgan fingerprint density at radius 1 is 1.24 bits per heavy atom. The van der Waals surface area contributed by atoms with Crippen LogP contribution in [-0.2, 0) is 21.2 Å². The summed E-state index contributed by atoms with van der Waals surface area (Å²) < 4.78 is 25.5. The number of carbonyl (C=O) groups is 1. The van der Waals surface area contributed by atoms with Gasteiger partial charge in [0.05, 0.1) is 29.8 Å². The molecule has 1 aromatic heterocycles. The van der Waals surface area contributed by atoms with Crippen molar-refractivity contribution >= 4 is 15.7 Å². The normalized spacial score (nSPS) is 29.3. The van der Waals surface area contributed by atoms with Gasteiger partial charge in [-0.2, -0.15) is 5.10 Å². The third kappa shape index (κ3) is 5.20. The molecule has 0 bridgehead atoms. The first kappa shape index (κ1) is 22.3. The number of amides is 1. The quantitative estimate of drug-likeness (QED) is 0.757. The van der Waals surface area contributed by atoms with Crippen LogP contribution < -0.4 is 5.32 Å². The van der Waals surface area contributed by atoms with E-state index in [4.69, 9.17) is 0 Å². The highest BCUT2D eigenvalue weighted by molar-refractivity contribution is 7.91. The van der Waals surface area contributed by atoms with Crippen LogP contribution in [0.4, 0.5) is 0 Å². The maximum absolute atomic E-state index is 12.6. The van der Waals surface area contributed by atoms with E-state index in [0.717, 1.165) is 23.4 Å². The lowest BCUT2D eigenvalue weighted by Crippen LogP contribution is -2.46. The van der Waals surface area contributed by atoms with Gasteiger partial charge >= 0.3 is 0 Å². The van der Waals surface area contributed by atoms with Crippen LogP contribution in [0, 0.1) is 25.7 Å². The number of hydrogen-bond donors (Lipinski definition) is 1. The lowest BCUT2D eigenvalue weighted by Gasteiger charge is -2.35. The second-order valence-corrected chi connectivity index (χ2v) is 11.5. The van der Waals surface area contributed by atoms with Crippen molar-refractivity contribution in [3.05, 3.63) is 17.0 Å². The third-order valence-electron chi connectivity index (χ3n) is 6.92. The molecule has 0 aromatic carbocycles.